The van der Waals surface area contributed by atoms with Crippen LogP contribution in [0.15, 0.2) is 30.4 Å². The molecule has 1 aromatic rings. The average Bonchev–Trinajstić information content (AvgIpc) is 2.97. The van der Waals surface area contributed by atoms with Crippen LogP contribution in [-0.4, -0.2) is 39.0 Å². The fourth-order valence-electron chi connectivity index (χ4n) is 2.85. The van der Waals surface area contributed by atoms with E-state index in [2.05, 4.69) is 10.0 Å². The fraction of sp³-hybridized carbons (Fsp3) is 0.474. The number of hydrogen-bond donors (Lipinski definition) is 2. The van der Waals surface area contributed by atoms with E-state index in [0.717, 1.165) is 6.07 Å². The highest BCUT2D eigenvalue weighted by Crippen LogP contribution is 2.24. The molecular weight excluding hydrogens is 425 g/mol. The monoisotopic (exact) mass is 448 g/mol. The Morgan fingerprint density at radius 3 is 2.67 bits per heavy atom. The molecule has 0 radical (unpaired) electrons. The van der Waals surface area contributed by atoms with Crippen molar-refractivity contribution in [3.8, 4) is 5.75 Å². The molecule has 0 aliphatic carbocycles. The predicted octanol–water partition coefficient (Wildman–Crippen LogP) is 2.45. The minimum atomic E-state index is -3.69. The Labute approximate surface area is 172 Å². The molecule has 166 valence electrons. The van der Waals surface area contributed by atoms with Crippen LogP contribution in [0.25, 0.3) is 0 Å². The van der Waals surface area contributed by atoms with E-state index < -0.39 is 40.8 Å². The molecule has 0 saturated carbocycles. The molecule has 2 N–H and O–H groups in total. The van der Waals surface area contributed by atoms with Crippen molar-refractivity contribution in [1.29, 1.82) is 0 Å². The van der Waals surface area contributed by atoms with Crippen LogP contribution in [0.2, 0.25) is 0 Å². The van der Waals surface area contributed by atoms with Crippen LogP contribution in [0, 0.1) is 11.7 Å². The molecule has 11 heteroatoms. The van der Waals surface area contributed by atoms with Gasteiger partial charge in [-0.15, -0.1) is 0 Å². The van der Waals surface area contributed by atoms with Crippen LogP contribution >= 0.6 is 0 Å². The molecule has 0 spiro atoms. The zero-order valence-electron chi connectivity index (χ0n) is 16.2. The van der Waals surface area contributed by atoms with E-state index >= 15 is 0 Å². The summed E-state index contributed by atoms with van der Waals surface area (Å²) in [6.07, 6.45) is 1.18. The molecule has 1 heterocycles. The number of benzene rings is 1. The zero-order chi connectivity index (χ0) is 22.3. The first-order valence-corrected chi connectivity index (χ1v) is 10.9. The van der Waals surface area contributed by atoms with Crippen molar-refractivity contribution >= 4 is 21.8 Å². The van der Waals surface area contributed by atoms with Gasteiger partial charge in [-0.2, -0.15) is 0 Å². The normalized spacial score (nSPS) is 18.2. The third kappa shape index (κ3) is 7.45. The molecule has 1 saturated heterocycles. The van der Waals surface area contributed by atoms with Gasteiger partial charge in [-0.25, -0.2) is 26.3 Å². The van der Waals surface area contributed by atoms with Crippen molar-refractivity contribution in [3.63, 3.8) is 0 Å². The second-order valence-corrected chi connectivity index (χ2v) is 8.73. The zero-order valence-corrected chi connectivity index (χ0v) is 17.1. The number of amides is 2. The smallest absolute Gasteiger partial charge is 0.272 e. The lowest BCUT2D eigenvalue weighted by molar-refractivity contribution is -0.125. The lowest BCUT2D eigenvalue weighted by Crippen LogP contribution is -2.29. The van der Waals surface area contributed by atoms with Crippen molar-refractivity contribution in [3.05, 3.63) is 41.7 Å². The minimum absolute atomic E-state index is 0.126. The van der Waals surface area contributed by atoms with Crippen LogP contribution in [0.1, 0.15) is 37.8 Å². The number of carbonyl (C=O) groups excluding carboxylic acids is 2. The van der Waals surface area contributed by atoms with Crippen molar-refractivity contribution < 1.29 is 35.9 Å². The van der Waals surface area contributed by atoms with Gasteiger partial charge in [0.25, 0.3) is 6.43 Å². The van der Waals surface area contributed by atoms with Gasteiger partial charge in [0.15, 0.2) is 11.6 Å². The lowest BCUT2D eigenvalue weighted by Gasteiger charge is -2.16. The molecule has 2 rings (SSSR count). The van der Waals surface area contributed by atoms with Crippen LogP contribution in [0.3, 0.4) is 0 Å². The summed E-state index contributed by atoms with van der Waals surface area (Å²) in [5, 5.41) is 2.20. The van der Waals surface area contributed by atoms with Crippen LogP contribution in [0.4, 0.5) is 13.2 Å². The summed E-state index contributed by atoms with van der Waals surface area (Å²) in [6, 6.07) is 2.81. The summed E-state index contributed by atoms with van der Waals surface area (Å²) in [5.74, 6) is -2.50. The highest BCUT2D eigenvalue weighted by molar-refractivity contribution is 7.89. The molecule has 1 aliphatic rings. The number of ether oxygens (including phenoxy) is 1. The van der Waals surface area contributed by atoms with Gasteiger partial charge in [0.2, 0.25) is 21.8 Å². The third-order valence-corrected chi connectivity index (χ3v) is 5.87. The van der Waals surface area contributed by atoms with Gasteiger partial charge < -0.3 is 4.74 Å². The first kappa shape index (κ1) is 23.9. The number of halogens is 3. The number of rotatable bonds is 11. The summed E-state index contributed by atoms with van der Waals surface area (Å²) >= 11 is 0. The maximum atomic E-state index is 13.7. The van der Waals surface area contributed by atoms with Crippen molar-refractivity contribution in [1.82, 2.24) is 10.0 Å². The van der Waals surface area contributed by atoms with E-state index in [1.807, 2.05) is 0 Å². The molecule has 2 atom stereocenters. The van der Waals surface area contributed by atoms with Crippen LogP contribution in [0.5, 0.6) is 5.75 Å². The topological polar surface area (TPSA) is 102 Å². The number of allylic oxidation sites excluding steroid dienone is 2. The Morgan fingerprint density at radius 1 is 1.30 bits per heavy atom. The van der Waals surface area contributed by atoms with Gasteiger partial charge in [-0.3, -0.25) is 14.9 Å². The second-order valence-electron chi connectivity index (χ2n) is 6.86. The summed E-state index contributed by atoms with van der Waals surface area (Å²) in [4.78, 5) is 22.5. The van der Waals surface area contributed by atoms with Gasteiger partial charge >= 0.3 is 0 Å². The van der Waals surface area contributed by atoms with Crippen molar-refractivity contribution in [2.75, 3.05) is 12.4 Å². The van der Waals surface area contributed by atoms with E-state index in [4.69, 9.17) is 4.74 Å². The summed E-state index contributed by atoms with van der Waals surface area (Å²) < 4.78 is 69.8. The van der Waals surface area contributed by atoms with Gasteiger partial charge in [-0.1, -0.05) is 18.2 Å². The van der Waals surface area contributed by atoms with E-state index in [1.54, 1.807) is 12.2 Å². The van der Waals surface area contributed by atoms with Crippen LogP contribution in [-0.2, 0) is 19.6 Å². The lowest BCUT2D eigenvalue weighted by atomic mass is 10.0. The Bertz CT molecular complexity index is 905. The Kier molecular flexibility index (Phi) is 8.42. The number of alkyl halides is 2. The summed E-state index contributed by atoms with van der Waals surface area (Å²) in [7, 11) is -3.69. The molecule has 7 nitrogen and oxygen atoms in total. The van der Waals surface area contributed by atoms with Gasteiger partial charge in [0, 0.05) is 12.5 Å². The third-order valence-electron chi connectivity index (χ3n) is 4.38. The maximum absolute atomic E-state index is 13.7. The number of carbonyl (C=O) groups is 2. The average molecular weight is 448 g/mol. The Hall–Kier alpha value is -2.40. The Morgan fingerprint density at radius 2 is 2.03 bits per heavy atom. The van der Waals surface area contributed by atoms with Gasteiger partial charge in [-0.05, 0) is 37.5 Å². The highest BCUT2D eigenvalue weighted by atomic mass is 32.2. The molecule has 1 aromatic carbocycles. The standard InChI is InChI=1S/C19H23F3N2O5S/c1-12(13-6-7-15(20)16(9-13)29-11-17(21)22)24-30(27,28)8-4-2-3-5-14-10-18(25)23-19(14)26/h2-3,6-7,9,12,14,17,24H,4-5,8,10-11H2,1H3,(H,23,25,26)/b3-2+/t12-,14?/m1/s1. The molecule has 1 fully saturated rings. The van der Waals surface area contributed by atoms with Crippen LogP contribution < -0.4 is 14.8 Å². The molecular formula is C19H23F3N2O5S. The number of imide groups is 1. The molecule has 0 aromatic heterocycles. The molecule has 30 heavy (non-hydrogen) atoms. The first-order valence-electron chi connectivity index (χ1n) is 9.26. The van der Waals surface area contributed by atoms with E-state index in [1.165, 1.54) is 19.1 Å². The molecule has 1 unspecified atom stereocenters. The predicted molar refractivity (Wildman–Crippen MR) is 103 cm³/mol. The Balaban J connectivity index is 1.85. The first-order chi connectivity index (χ1) is 14.1. The fourth-order valence-corrected chi connectivity index (χ4v) is 4.09. The van der Waals surface area contributed by atoms with Crippen molar-refractivity contribution in [2.24, 2.45) is 5.92 Å². The number of hydrogen-bond acceptors (Lipinski definition) is 5. The second kappa shape index (κ2) is 10.6. The van der Waals surface area contributed by atoms with Gasteiger partial charge in [0.05, 0.1) is 11.7 Å². The maximum Gasteiger partial charge on any atom is 0.272 e. The largest absolute Gasteiger partial charge is 0.485 e. The van der Waals surface area contributed by atoms with E-state index in [-0.39, 0.29) is 36.2 Å². The van der Waals surface area contributed by atoms with E-state index in [9.17, 15) is 31.2 Å². The SMILES string of the molecule is C[C@@H](NS(=O)(=O)CC/C=C/CC1CC(=O)NC1=O)c1ccc(F)c(OCC(F)F)c1. The van der Waals surface area contributed by atoms with Crippen molar-refractivity contribution in [2.45, 2.75) is 38.7 Å². The number of sulfonamides is 1. The van der Waals surface area contributed by atoms with E-state index in [0.29, 0.717) is 12.0 Å². The quantitative estimate of drug-likeness (QED) is 0.400. The molecule has 1 aliphatic heterocycles. The summed E-state index contributed by atoms with van der Waals surface area (Å²) in [6.45, 7) is 0.566. The highest BCUT2D eigenvalue weighted by Gasteiger charge is 2.29. The molecule has 0 bridgehead atoms. The number of nitrogens with one attached hydrogen (secondary N) is 2. The van der Waals surface area contributed by atoms with Gasteiger partial charge in [0.1, 0.15) is 6.61 Å². The summed E-state index contributed by atoms with van der Waals surface area (Å²) in [5.41, 5.74) is 0.358. The minimum Gasteiger partial charge on any atom is -0.485 e. The molecule has 2 amide bonds.